The molecule has 98 valence electrons. The maximum Gasteiger partial charge on any atom is 0.227 e. The summed E-state index contributed by atoms with van der Waals surface area (Å²) in [6.07, 6.45) is 3.43. The van der Waals surface area contributed by atoms with Crippen LogP contribution in [0.2, 0.25) is 0 Å². The van der Waals surface area contributed by atoms with Gasteiger partial charge >= 0.3 is 0 Å². The van der Waals surface area contributed by atoms with Crippen LogP contribution in [0.15, 0.2) is 21.5 Å². The molecule has 1 aromatic rings. The summed E-state index contributed by atoms with van der Waals surface area (Å²) < 4.78 is 10.1. The highest BCUT2D eigenvalue weighted by Gasteiger charge is 2.22. The predicted octanol–water partition coefficient (Wildman–Crippen LogP) is 0.180. The monoisotopic (exact) mass is 253 g/mol. The van der Waals surface area contributed by atoms with Gasteiger partial charge in [0.2, 0.25) is 17.1 Å². The van der Waals surface area contributed by atoms with Gasteiger partial charge in [-0.15, -0.1) is 0 Å². The molecule has 2 N–H and O–H groups in total. The van der Waals surface area contributed by atoms with E-state index in [0.717, 1.165) is 19.1 Å². The highest BCUT2D eigenvalue weighted by molar-refractivity contribution is 5.76. The fraction of sp³-hybridized carbons (Fsp3) is 0.500. The van der Waals surface area contributed by atoms with Crippen LogP contribution < -0.4 is 15.5 Å². The van der Waals surface area contributed by atoms with Crippen molar-refractivity contribution in [3.63, 3.8) is 0 Å². The molecule has 0 radical (unpaired) electrons. The van der Waals surface area contributed by atoms with Crippen molar-refractivity contribution < 1.29 is 19.1 Å². The highest BCUT2D eigenvalue weighted by Crippen LogP contribution is 2.18. The van der Waals surface area contributed by atoms with Gasteiger partial charge in [0.25, 0.3) is 0 Å². The van der Waals surface area contributed by atoms with E-state index in [0.29, 0.717) is 6.04 Å². The lowest BCUT2D eigenvalue weighted by molar-refractivity contribution is -0.121. The first kappa shape index (κ1) is 12.6. The Morgan fingerprint density at radius 2 is 2.33 bits per heavy atom. The molecular formula is C12H15NO5. The predicted molar refractivity (Wildman–Crippen MR) is 62.2 cm³/mol. The van der Waals surface area contributed by atoms with Gasteiger partial charge in [-0.3, -0.25) is 9.59 Å². The second-order valence-corrected chi connectivity index (χ2v) is 4.17. The Morgan fingerprint density at radius 3 is 2.94 bits per heavy atom. The van der Waals surface area contributed by atoms with Gasteiger partial charge in [0, 0.05) is 12.1 Å². The first-order valence-corrected chi connectivity index (χ1v) is 5.84. The Kier molecular flexibility index (Phi) is 3.99. The molecule has 18 heavy (non-hydrogen) atoms. The summed E-state index contributed by atoms with van der Waals surface area (Å²) in [5.74, 6) is 0.152. The molecule has 0 bridgehead atoms. The molecule has 1 fully saturated rings. The van der Waals surface area contributed by atoms with Crippen molar-refractivity contribution in [1.82, 2.24) is 5.32 Å². The molecule has 1 saturated carbocycles. The Morgan fingerprint density at radius 1 is 1.56 bits per heavy atom. The number of amides is 1. The molecule has 0 spiro atoms. The number of nitrogens with one attached hydrogen (secondary N) is 1. The molecule has 1 aliphatic carbocycles. The summed E-state index contributed by atoms with van der Waals surface area (Å²) in [7, 11) is 0. The van der Waals surface area contributed by atoms with Gasteiger partial charge in [-0.2, -0.15) is 0 Å². The number of aliphatic hydroxyl groups is 1. The van der Waals surface area contributed by atoms with E-state index in [4.69, 9.17) is 14.3 Å². The van der Waals surface area contributed by atoms with Crippen molar-refractivity contribution >= 4 is 5.91 Å². The molecule has 1 amide bonds. The lowest BCUT2D eigenvalue weighted by Crippen LogP contribution is -2.27. The number of hydrogen-bond acceptors (Lipinski definition) is 5. The van der Waals surface area contributed by atoms with Crippen LogP contribution in [0, 0.1) is 0 Å². The van der Waals surface area contributed by atoms with Crippen LogP contribution in [-0.4, -0.2) is 23.7 Å². The third-order valence-electron chi connectivity index (χ3n) is 2.54. The summed E-state index contributed by atoms with van der Waals surface area (Å²) in [6.45, 7) is -0.207. The van der Waals surface area contributed by atoms with Gasteiger partial charge in [0.05, 0.1) is 13.0 Å². The second-order valence-electron chi connectivity index (χ2n) is 4.17. The zero-order valence-electron chi connectivity index (χ0n) is 9.85. The summed E-state index contributed by atoms with van der Waals surface area (Å²) in [4.78, 5) is 22.8. The standard InChI is InChI=1S/C12H15NO5/c14-6-9-5-10(15)11(7-18-9)17-4-3-12(16)13-8-1-2-8/h5,7-8,14H,1-4,6H2,(H,13,16). The van der Waals surface area contributed by atoms with E-state index in [1.807, 2.05) is 0 Å². The summed E-state index contributed by atoms with van der Waals surface area (Å²) in [5.41, 5.74) is -0.368. The fourth-order valence-electron chi connectivity index (χ4n) is 1.41. The fourth-order valence-corrected chi connectivity index (χ4v) is 1.41. The van der Waals surface area contributed by atoms with E-state index in [1.54, 1.807) is 0 Å². The van der Waals surface area contributed by atoms with E-state index in [-0.39, 0.29) is 42.5 Å². The largest absolute Gasteiger partial charge is 0.486 e. The number of aliphatic hydroxyl groups excluding tert-OH is 1. The van der Waals surface area contributed by atoms with E-state index >= 15 is 0 Å². The SMILES string of the molecule is O=C(CCOc1coc(CO)cc1=O)NC1CC1. The zero-order chi connectivity index (χ0) is 13.0. The van der Waals surface area contributed by atoms with Gasteiger partial charge in [-0.25, -0.2) is 0 Å². The lowest BCUT2D eigenvalue weighted by atomic mass is 10.4. The molecule has 0 aromatic carbocycles. The molecule has 1 aromatic heterocycles. The Balaban J connectivity index is 1.78. The zero-order valence-corrected chi connectivity index (χ0v) is 9.85. The average Bonchev–Trinajstić information content (AvgIpc) is 3.15. The molecule has 6 heteroatoms. The summed E-state index contributed by atoms with van der Waals surface area (Å²) >= 11 is 0. The Hall–Kier alpha value is -1.82. The van der Waals surface area contributed by atoms with Crippen molar-refractivity contribution in [2.75, 3.05) is 6.61 Å². The Labute approximate surface area is 104 Å². The second kappa shape index (κ2) is 5.68. The van der Waals surface area contributed by atoms with E-state index in [9.17, 15) is 9.59 Å². The first-order valence-electron chi connectivity index (χ1n) is 5.84. The third kappa shape index (κ3) is 3.59. The molecule has 6 nitrogen and oxygen atoms in total. The van der Waals surface area contributed by atoms with Crippen molar-refractivity contribution in [3.8, 4) is 5.75 Å². The van der Waals surface area contributed by atoms with E-state index in [1.165, 1.54) is 6.07 Å². The average molecular weight is 253 g/mol. The topological polar surface area (TPSA) is 88.8 Å². The summed E-state index contributed by atoms with van der Waals surface area (Å²) in [6, 6.07) is 1.49. The maximum absolute atomic E-state index is 11.5. The van der Waals surface area contributed by atoms with Crippen LogP contribution in [0.4, 0.5) is 0 Å². The van der Waals surface area contributed by atoms with Gasteiger partial charge in [0.1, 0.15) is 18.6 Å². The van der Waals surface area contributed by atoms with Crippen molar-refractivity contribution in [2.45, 2.75) is 31.9 Å². The molecule has 1 heterocycles. The van der Waals surface area contributed by atoms with Crippen molar-refractivity contribution in [2.24, 2.45) is 0 Å². The molecular weight excluding hydrogens is 238 g/mol. The number of carbonyl (C=O) groups excluding carboxylic acids is 1. The quantitative estimate of drug-likeness (QED) is 0.755. The minimum atomic E-state index is -0.368. The van der Waals surface area contributed by atoms with Crippen LogP contribution >= 0.6 is 0 Å². The number of carbonyl (C=O) groups is 1. The number of rotatable bonds is 6. The van der Waals surface area contributed by atoms with Crippen LogP contribution in [0.5, 0.6) is 5.75 Å². The first-order chi connectivity index (χ1) is 8.69. The molecule has 0 saturated heterocycles. The lowest BCUT2D eigenvalue weighted by Gasteiger charge is -2.05. The molecule has 0 unspecified atom stereocenters. The smallest absolute Gasteiger partial charge is 0.227 e. The van der Waals surface area contributed by atoms with Gasteiger partial charge in [-0.05, 0) is 12.8 Å². The minimum Gasteiger partial charge on any atom is -0.486 e. The maximum atomic E-state index is 11.5. The summed E-state index contributed by atoms with van der Waals surface area (Å²) in [5, 5.41) is 11.6. The van der Waals surface area contributed by atoms with Crippen molar-refractivity contribution in [1.29, 1.82) is 0 Å². The molecule has 0 atom stereocenters. The molecule has 1 aliphatic rings. The normalized spacial score (nSPS) is 14.3. The Bertz CT molecular complexity index is 478. The van der Waals surface area contributed by atoms with Crippen LogP contribution in [0.3, 0.4) is 0 Å². The minimum absolute atomic E-state index is 0.0476. The van der Waals surface area contributed by atoms with Crippen LogP contribution in [0.1, 0.15) is 25.0 Å². The van der Waals surface area contributed by atoms with E-state index in [2.05, 4.69) is 5.32 Å². The highest BCUT2D eigenvalue weighted by atomic mass is 16.5. The number of ether oxygens (including phenoxy) is 1. The van der Waals surface area contributed by atoms with E-state index < -0.39 is 0 Å². The van der Waals surface area contributed by atoms with Gasteiger partial charge < -0.3 is 19.6 Å². The van der Waals surface area contributed by atoms with Crippen molar-refractivity contribution in [3.05, 3.63) is 28.3 Å². The molecule has 2 rings (SSSR count). The van der Waals surface area contributed by atoms with Crippen LogP contribution in [-0.2, 0) is 11.4 Å². The van der Waals surface area contributed by atoms with Crippen LogP contribution in [0.25, 0.3) is 0 Å². The van der Waals surface area contributed by atoms with Gasteiger partial charge in [-0.1, -0.05) is 0 Å². The third-order valence-corrected chi connectivity index (χ3v) is 2.54. The molecule has 0 aliphatic heterocycles. The van der Waals surface area contributed by atoms with Gasteiger partial charge in [0.15, 0.2) is 0 Å². The number of hydrogen-bond donors (Lipinski definition) is 2.